The van der Waals surface area contributed by atoms with Crippen molar-refractivity contribution in [2.24, 2.45) is 9.98 Å². The first kappa shape index (κ1) is 19.7. The number of phenolic OH excluding ortho intramolecular Hbond substituents is 3. The SMILES string of the molecule is CN(C)c1ccc(C=NC2CCCC[C@@H]2N=Cc2ccc(O)cc2O)c(O)c1. The molecule has 1 saturated carbocycles. The van der Waals surface area contributed by atoms with E-state index in [2.05, 4.69) is 4.99 Å². The van der Waals surface area contributed by atoms with Crippen molar-refractivity contribution in [1.29, 1.82) is 0 Å². The molecule has 1 aliphatic rings. The van der Waals surface area contributed by atoms with Crippen molar-refractivity contribution in [2.75, 3.05) is 19.0 Å². The van der Waals surface area contributed by atoms with E-state index in [1.807, 2.05) is 31.1 Å². The third-order valence-corrected chi connectivity index (χ3v) is 5.05. The number of anilines is 1. The number of nitrogens with zero attached hydrogens (tertiary/aromatic N) is 3. The van der Waals surface area contributed by atoms with Gasteiger partial charge in [-0.1, -0.05) is 12.8 Å². The molecule has 1 fully saturated rings. The molecule has 3 N–H and O–H groups in total. The van der Waals surface area contributed by atoms with E-state index < -0.39 is 0 Å². The lowest BCUT2D eigenvalue weighted by Gasteiger charge is -2.25. The molecule has 2 aromatic carbocycles. The smallest absolute Gasteiger partial charge is 0.128 e. The molecule has 28 heavy (non-hydrogen) atoms. The first-order valence-corrected chi connectivity index (χ1v) is 9.52. The van der Waals surface area contributed by atoms with Crippen LogP contribution < -0.4 is 4.90 Å². The number of hydrogen-bond acceptors (Lipinski definition) is 6. The molecule has 0 amide bonds. The highest BCUT2D eigenvalue weighted by Crippen LogP contribution is 2.27. The Labute approximate surface area is 165 Å². The minimum Gasteiger partial charge on any atom is -0.508 e. The zero-order valence-electron chi connectivity index (χ0n) is 16.3. The van der Waals surface area contributed by atoms with Crippen LogP contribution >= 0.6 is 0 Å². The van der Waals surface area contributed by atoms with E-state index in [1.54, 1.807) is 24.6 Å². The van der Waals surface area contributed by atoms with E-state index in [-0.39, 0.29) is 29.3 Å². The second-order valence-corrected chi connectivity index (χ2v) is 7.36. The molecule has 0 heterocycles. The number of aliphatic imine (C=N–C) groups is 2. The van der Waals surface area contributed by atoms with Crippen LogP contribution in [0.4, 0.5) is 5.69 Å². The molecule has 1 aliphatic carbocycles. The summed E-state index contributed by atoms with van der Waals surface area (Å²) in [6.07, 6.45) is 7.45. The van der Waals surface area contributed by atoms with Gasteiger partial charge in [0.25, 0.3) is 0 Å². The largest absolute Gasteiger partial charge is 0.508 e. The van der Waals surface area contributed by atoms with Gasteiger partial charge in [-0.05, 0) is 37.1 Å². The minimum atomic E-state index is 0.00511. The lowest BCUT2D eigenvalue weighted by Crippen LogP contribution is -2.27. The van der Waals surface area contributed by atoms with Crippen LogP contribution in [-0.2, 0) is 0 Å². The zero-order chi connectivity index (χ0) is 20.1. The molecule has 2 atom stereocenters. The number of hydrogen-bond donors (Lipinski definition) is 3. The number of phenols is 3. The molecule has 0 aromatic heterocycles. The maximum absolute atomic E-state index is 10.2. The molecule has 6 nitrogen and oxygen atoms in total. The van der Waals surface area contributed by atoms with E-state index in [0.29, 0.717) is 11.1 Å². The lowest BCUT2D eigenvalue weighted by molar-refractivity contribution is 0.390. The number of rotatable bonds is 5. The Hall–Kier alpha value is -3.02. The molecule has 1 unspecified atom stereocenters. The van der Waals surface area contributed by atoms with E-state index in [9.17, 15) is 15.3 Å². The molecule has 0 aliphatic heterocycles. The quantitative estimate of drug-likeness (QED) is 0.689. The van der Waals surface area contributed by atoms with Gasteiger partial charge in [0, 0.05) is 55.5 Å². The fraction of sp³-hybridized carbons (Fsp3) is 0.364. The minimum absolute atomic E-state index is 0.00511. The summed E-state index contributed by atoms with van der Waals surface area (Å²) in [6.45, 7) is 0. The summed E-state index contributed by atoms with van der Waals surface area (Å²) in [6, 6.07) is 10.1. The summed E-state index contributed by atoms with van der Waals surface area (Å²) in [5.74, 6) is 0.236. The first-order valence-electron chi connectivity index (χ1n) is 9.52. The summed E-state index contributed by atoms with van der Waals surface area (Å²) < 4.78 is 0. The molecular formula is C22H27N3O3. The highest BCUT2D eigenvalue weighted by Gasteiger charge is 2.23. The van der Waals surface area contributed by atoms with Gasteiger partial charge in [-0.25, -0.2) is 0 Å². The van der Waals surface area contributed by atoms with Crippen molar-refractivity contribution in [1.82, 2.24) is 0 Å². The first-order chi connectivity index (χ1) is 13.4. The average Bonchev–Trinajstić information content (AvgIpc) is 2.67. The van der Waals surface area contributed by atoms with Gasteiger partial charge >= 0.3 is 0 Å². The van der Waals surface area contributed by atoms with Gasteiger partial charge in [0.1, 0.15) is 17.2 Å². The van der Waals surface area contributed by atoms with Crippen LogP contribution in [0, 0.1) is 0 Å². The summed E-state index contributed by atoms with van der Waals surface area (Å²) in [7, 11) is 3.86. The number of benzene rings is 2. The van der Waals surface area contributed by atoms with Crippen LogP contribution in [0.1, 0.15) is 36.8 Å². The molecule has 0 radical (unpaired) electrons. The van der Waals surface area contributed by atoms with Crippen molar-refractivity contribution < 1.29 is 15.3 Å². The summed E-state index contributed by atoms with van der Waals surface area (Å²) >= 11 is 0. The van der Waals surface area contributed by atoms with Crippen molar-refractivity contribution in [3.63, 3.8) is 0 Å². The second kappa shape index (κ2) is 8.78. The zero-order valence-corrected chi connectivity index (χ0v) is 16.3. The summed E-state index contributed by atoms with van der Waals surface area (Å²) in [5, 5.41) is 29.6. The van der Waals surface area contributed by atoms with Crippen LogP contribution in [0.2, 0.25) is 0 Å². The Morgan fingerprint density at radius 1 is 0.821 bits per heavy atom. The third kappa shape index (κ3) is 4.82. The van der Waals surface area contributed by atoms with Crippen LogP contribution in [-0.4, -0.2) is 53.9 Å². The van der Waals surface area contributed by atoms with Crippen molar-refractivity contribution in [3.8, 4) is 17.2 Å². The molecule has 0 bridgehead atoms. The normalized spacial score (nSPS) is 20.1. The molecule has 0 spiro atoms. The average molecular weight is 381 g/mol. The maximum atomic E-state index is 10.2. The molecule has 6 heteroatoms. The topological polar surface area (TPSA) is 88.7 Å². The monoisotopic (exact) mass is 381 g/mol. The molecule has 3 rings (SSSR count). The van der Waals surface area contributed by atoms with Crippen molar-refractivity contribution in [2.45, 2.75) is 37.8 Å². The van der Waals surface area contributed by atoms with E-state index in [0.717, 1.165) is 31.4 Å². The van der Waals surface area contributed by atoms with E-state index >= 15 is 0 Å². The Morgan fingerprint density at radius 2 is 1.36 bits per heavy atom. The van der Waals surface area contributed by atoms with Crippen molar-refractivity contribution in [3.05, 3.63) is 47.5 Å². The molecule has 148 valence electrons. The second-order valence-electron chi connectivity index (χ2n) is 7.36. The van der Waals surface area contributed by atoms with Gasteiger partial charge in [-0.2, -0.15) is 0 Å². The Kier molecular flexibility index (Phi) is 6.19. The van der Waals surface area contributed by atoms with Gasteiger partial charge in [-0.15, -0.1) is 0 Å². The fourth-order valence-corrected chi connectivity index (χ4v) is 3.35. The van der Waals surface area contributed by atoms with E-state index in [4.69, 9.17) is 4.99 Å². The lowest BCUT2D eigenvalue weighted by atomic mass is 9.91. The summed E-state index contributed by atoms with van der Waals surface area (Å²) in [5.41, 5.74) is 2.20. The van der Waals surface area contributed by atoms with Crippen LogP contribution in [0.5, 0.6) is 17.2 Å². The predicted octanol–water partition coefficient (Wildman–Crippen LogP) is 3.72. The third-order valence-electron chi connectivity index (χ3n) is 5.05. The van der Waals surface area contributed by atoms with Gasteiger partial charge < -0.3 is 20.2 Å². The van der Waals surface area contributed by atoms with E-state index in [1.165, 1.54) is 12.1 Å². The number of aromatic hydroxyl groups is 3. The Balaban J connectivity index is 1.74. The van der Waals surface area contributed by atoms with Gasteiger partial charge in [0.2, 0.25) is 0 Å². The van der Waals surface area contributed by atoms with Gasteiger partial charge in [0.05, 0.1) is 12.1 Å². The maximum Gasteiger partial charge on any atom is 0.128 e. The van der Waals surface area contributed by atoms with Crippen LogP contribution in [0.25, 0.3) is 0 Å². The predicted molar refractivity (Wildman–Crippen MR) is 113 cm³/mol. The molecular weight excluding hydrogens is 354 g/mol. The molecule has 0 saturated heterocycles. The van der Waals surface area contributed by atoms with Crippen molar-refractivity contribution >= 4 is 18.1 Å². The standard InChI is InChI=1S/C22H27N3O3/c1-25(2)17-9-7-15(21(27)11-17)13-23-19-5-3-4-6-20(19)24-14-16-8-10-18(26)12-22(16)28/h7-14,19-20,26-28H,3-6H2,1-2H3/t19?,20-/m0/s1. The van der Waals surface area contributed by atoms with Crippen LogP contribution in [0.3, 0.4) is 0 Å². The Morgan fingerprint density at radius 3 is 1.86 bits per heavy atom. The fourth-order valence-electron chi connectivity index (χ4n) is 3.35. The highest BCUT2D eigenvalue weighted by atomic mass is 16.3. The molecule has 2 aromatic rings. The highest BCUT2D eigenvalue weighted by molar-refractivity contribution is 5.85. The van der Waals surface area contributed by atoms with Crippen LogP contribution in [0.15, 0.2) is 46.4 Å². The van der Waals surface area contributed by atoms with Gasteiger partial charge in [0.15, 0.2) is 0 Å². The Bertz CT molecular complexity index is 877. The van der Waals surface area contributed by atoms with Gasteiger partial charge in [-0.3, -0.25) is 9.98 Å². The summed E-state index contributed by atoms with van der Waals surface area (Å²) in [4.78, 5) is 11.3.